The first kappa shape index (κ1) is 16.9. The molecule has 0 saturated heterocycles. The maximum atomic E-state index is 10.8. The van der Waals surface area contributed by atoms with Gasteiger partial charge in [-0.2, -0.15) is 0 Å². The topological polar surface area (TPSA) is 87.8 Å². The molecule has 8 heteroatoms. The van der Waals surface area contributed by atoms with Crippen LogP contribution in [-0.4, -0.2) is 51.7 Å². The van der Waals surface area contributed by atoms with Gasteiger partial charge in [0.1, 0.15) is 0 Å². The zero-order valence-electron chi connectivity index (χ0n) is 10.2. The molecule has 102 valence electrons. The minimum absolute atomic E-state index is 0. The van der Waals surface area contributed by atoms with Gasteiger partial charge in [-0.3, -0.25) is 4.99 Å². The van der Waals surface area contributed by atoms with E-state index in [1.165, 1.54) is 12.8 Å². The van der Waals surface area contributed by atoms with E-state index in [1.54, 1.807) is 0 Å². The van der Waals surface area contributed by atoms with Crippen molar-refractivity contribution in [3.05, 3.63) is 0 Å². The predicted molar refractivity (Wildman–Crippen MR) is 80.2 cm³/mol. The zero-order chi connectivity index (χ0) is 12.2. The van der Waals surface area contributed by atoms with E-state index < -0.39 is 10.0 Å². The molecule has 0 spiro atoms. The molecule has 0 aromatic heterocycles. The number of halogens is 1. The van der Waals surface area contributed by atoms with Gasteiger partial charge in [-0.1, -0.05) is 0 Å². The summed E-state index contributed by atoms with van der Waals surface area (Å²) < 4.78 is 23.9. The van der Waals surface area contributed by atoms with Crippen LogP contribution in [0.25, 0.3) is 0 Å². The van der Waals surface area contributed by atoms with Crippen LogP contribution in [0, 0.1) is 0 Å². The molecule has 1 fully saturated rings. The molecule has 3 N–H and O–H groups in total. The summed E-state index contributed by atoms with van der Waals surface area (Å²) >= 11 is 0. The monoisotopic (exact) mass is 376 g/mol. The summed E-state index contributed by atoms with van der Waals surface area (Å²) in [6.07, 6.45) is 4.17. The van der Waals surface area contributed by atoms with Crippen LogP contribution in [0.2, 0.25) is 0 Å². The Morgan fingerprint density at radius 3 is 2.59 bits per heavy atom. The minimum atomic E-state index is -3.08. The number of aliphatic imine (C=N–C) groups is 1. The van der Waals surface area contributed by atoms with Crippen LogP contribution in [-0.2, 0) is 10.0 Å². The second-order valence-electron chi connectivity index (χ2n) is 4.10. The van der Waals surface area contributed by atoms with Crippen molar-refractivity contribution in [2.45, 2.75) is 25.3 Å². The van der Waals surface area contributed by atoms with E-state index >= 15 is 0 Å². The SMILES string of the molecule is CN(C(N)=NCCCNS(C)(=O)=O)C1CC1.I. The lowest BCUT2D eigenvalue weighted by atomic mass is 10.4. The van der Waals surface area contributed by atoms with Crippen molar-refractivity contribution in [2.24, 2.45) is 10.7 Å². The van der Waals surface area contributed by atoms with Gasteiger partial charge < -0.3 is 10.6 Å². The van der Waals surface area contributed by atoms with Crippen LogP contribution in [0.15, 0.2) is 4.99 Å². The Kier molecular flexibility index (Phi) is 7.33. The van der Waals surface area contributed by atoms with Crippen LogP contribution >= 0.6 is 24.0 Å². The van der Waals surface area contributed by atoms with Crippen LogP contribution in [0.5, 0.6) is 0 Å². The maximum absolute atomic E-state index is 10.8. The number of guanidine groups is 1. The number of nitrogens with two attached hydrogens (primary N) is 1. The lowest BCUT2D eigenvalue weighted by molar-refractivity contribution is 0.487. The number of rotatable bonds is 6. The fourth-order valence-corrected chi connectivity index (χ4v) is 1.81. The highest BCUT2D eigenvalue weighted by Gasteiger charge is 2.27. The summed E-state index contributed by atoms with van der Waals surface area (Å²) in [6, 6.07) is 0.554. The van der Waals surface area contributed by atoms with Gasteiger partial charge in [0, 0.05) is 26.2 Å². The molecule has 0 aromatic rings. The van der Waals surface area contributed by atoms with Crippen molar-refractivity contribution in [3.8, 4) is 0 Å². The van der Waals surface area contributed by atoms with E-state index in [4.69, 9.17) is 5.73 Å². The van der Waals surface area contributed by atoms with Crippen molar-refractivity contribution in [1.29, 1.82) is 0 Å². The molecule has 1 saturated carbocycles. The molecule has 0 heterocycles. The first-order chi connectivity index (χ1) is 7.40. The number of nitrogens with one attached hydrogen (secondary N) is 1. The fraction of sp³-hybridized carbons (Fsp3) is 0.889. The van der Waals surface area contributed by atoms with E-state index in [1.807, 2.05) is 11.9 Å². The van der Waals surface area contributed by atoms with Crippen LogP contribution in [0.4, 0.5) is 0 Å². The van der Waals surface area contributed by atoms with Gasteiger partial charge in [0.2, 0.25) is 10.0 Å². The lowest BCUT2D eigenvalue weighted by Gasteiger charge is -2.16. The van der Waals surface area contributed by atoms with Crippen molar-refractivity contribution in [1.82, 2.24) is 9.62 Å². The summed E-state index contributed by atoms with van der Waals surface area (Å²) in [6.45, 7) is 0.953. The van der Waals surface area contributed by atoms with Crippen molar-refractivity contribution >= 4 is 40.0 Å². The predicted octanol–water partition coefficient (Wildman–Crippen LogP) is -0.0474. The Hall–Kier alpha value is -0.0900. The van der Waals surface area contributed by atoms with E-state index in [0.29, 0.717) is 31.5 Å². The Morgan fingerprint density at radius 1 is 1.53 bits per heavy atom. The Morgan fingerprint density at radius 2 is 2.12 bits per heavy atom. The molecule has 1 aliphatic rings. The third-order valence-electron chi connectivity index (χ3n) is 2.43. The molecule has 0 bridgehead atoms. The molecule has 0 atom stereocenters. The smallest absolute Gasteiger partial charge is 0.208 e. The highest BCUT2D eigenvalue weighted by Crippen LogP contribution is 2.24. The average molecular weight is 376 g/mol. The number of hydrogen-bond donors (Lipinski definition) is 2. The lowest BCUT2D eigenvalue weighted by Crippen LogP contribution is -2.36. The molecule has 0 aromatic carbocycles. The Bertz CT molecular complexity index is 354. The average Bonchev–Trinajstić information content (AvgIpc) is 2.97. The quantitative estimate of drug-likeness (QED) is 0.295. The second-order valence-corrected chi connectivity index (χ2v) is 5.94. The summed E-state index contributed by atoms with van der Waals surface area (Å²) in [5.41, 5.74) is 5.76. The van der Waals surface area contributed by atoms with E-state index in [0.717, 1.165) is 6.26 Å². The molecule has 0 radical (unpaired) electrons. The minimum Gasteiger partial charge on any atom is -0.370 e. The van der Waals surface area contributed by atoms with Crippen molar-refractivity contribution in [3.63, 3.8) is 0 Å². The third-order valence-corrected chi connectivity index (χ3v) is 3.16. The molecule has 6 nitrogen and oxygen atoms in total. The largest absolute Gasteiger partial charge is 0.370 e. The van der Waals surface area contributed by atoms with E-state index in [9.17, 15) is 8.42 Å². The van der Waals surface area contributed by atoms with Crippen LogP contribution < -0.4 is 10.5 Å². The Labute approximate surface area is 120 Å². The van der Waals surface area contributed by atoms with Gasteiger partial charge in [0.25, 0.3) is 0 Å². The van der Waals surface area contributed by atoms with Gasteiger partial charge >= 0.3 is 0 Å². The van der Waals surface area contributed by atoms with Gasteiger partial charge in [-0.25, -0.2) is 13.1 Å². The third kappa shape index (κ3) is 7.77. The summed E-state index contributed by atoms with van der Waals surface area (Å²) in [5.74, 6) is 0.543. The van der Waals surface area contributed by atoms with Gasteiger partial charge in [-0.05, 0) is 19.3 Å². The maximum Gasteiger partial charge on any atom is 0.208 e. The van der Waals surface area contributed by atoms with Crippen LogP contribution in [0.3, 0.4) is 0 Å². The first-order valence-corrected chi connectivity index (χ1v) is 7.26. The van der Waals surface area contributed by atoms with E-state index in [2.05, 4.69) is 9.71 Å². The van der Waals surface area contributed by atoms with Gasteiger partial charge in [0.05, 0.1) is 6.26 Å². The first-order valence-electron chi connectivity index (χ1n) is 5.37. The normalized spacial score (nSPS) is 16.5. The van der Waals surface area contributed by atoms with Gasteiger partial charge in [-0.15, -0.1) is 24.0 Å². The Balaban J connectivity index is 0.00000256. The van der Waals surface area contributed by atoms with Crippen LogP contribution in [0.1, 0.15) is 19.3 Å². The van der Waals surface area contributed by atoms with Gasteiger partial charge in [0.15, 0.2) is 5.96 Å². The second kappa shape index (κ2) is 7.37. The van der Waals surface area contributed by atoms with E-state index in [-0.39, 0.29) is 24.0 Å². The molecule has 0 unspecified atom stereocenters. The fourth-order valence-electron chi connectivity index (χ4n) is 1.29. The number of sulfonamides is 1. The molecule has 1 rings (SSSR count). The summed E-state index contributed by atoms with van der Waals surface area (Å²) in [5, 5.41) is 0. The number of hydrogen-bond acceptors (Lipinski definition) is 3. The molecule has 17 heavy (non-hydrogen) atoms. The molecule has 1 aliphatic carbocycles. The van der Waals surface area contributed by atoms with Crippen molar-refractivity contribution in [2.75, 3.05) is 26.4 Å². The molecule has 0 aliphatic heterocycles. The zero-order valence-corrected chi connectivity index (χ0v) is 13.4. The molecular weight excluding hydrogens is 355 g/mol. The summed E-state index contributed by atoms with van der Waals surface area (Å²) in [4.78, 5) is 6.17. The highest BCUT2D eigenvalue weighted by atomic mass is 127. The molecule has 0 amide bonds. The summed E-state index contributed by atoms with van der Waals surface area (Å²) in [7, 11) is -1.15. The highest BCUT2D eigenvalue weighted by molar-refractivity contribution is 14.0. The van der Waals surface area contributed by atoms with Crippen molar-refractivity contribution < 1.29 is 8.42 Å². The standard InChI is InChI=1S/C9H20N4O2S.HI/c1-13(8-4-5-8)9(10)11-6-3-7-12-16(2,14)15;/h8,12H,3-7H2,1-2H3,(H2,10,11);1H. The molecular formula is C9H21IN4O2S. The number of nitrogens with zero attached hydrogens (tertiary/aromatic N) is 2.